The molecule has 0 aliphatic rings. The summed E-state index contributed by atoms with van der Waals surface area (Å²) in [6.45, 7) is 4.08. The van der Waals surface area contributed by atoms with E-state index >= 15 is 0 Å². The molecule has 0 spiro atoms. The Hall–Kier alpha value is -2.75. The quantitative estimate of drug-likeness (QED) is 0.721. The average molecular weight is 293 g/mol. The van der Waals surface area contributed by atoms with E-state index in [1.54, 1.807) is 0 Å². The smallest absolute Gasteiger partial charge is 0.323 e. The second-order valence-electron chi connectivity index (χ2n) is 5.55. The summed E-state index contributed by atoms with van der Waals surface area (Å²) >= 11 is 0. The number of nitrogens with zero attached hydrogens (tertiary/aromatic N) is 1. The lowest BCUT2D eigenvalue weighted by Crippen LogP contribution is -2.19. The van der Waals surface area contributed by atoms with Gasteiger partial charge in [0, 0.05) is 29.8 Å². The van der Waals surface area contributed by atoms with E-state index < -0.39 is 0 Å². The Morgan fingerprint density at radius 1 is 1.00 bits per heavy atom. The van der Waals surface area contributed by atoms with Crippen molar-refractivity contribution in [3.8, 4) is 0 Å². The first-order valence-corrected chi connectivity index (χ1v) is 7.24. The van der Waals surface area contributed by atoms with Crippen LogP contribution in [0.2, 0.25) is 0 Å². The summed E-state index contributed by atoms with van der Waals surface area (Å²) in [5, 5.41) is 6.82. The fourth-order valence-corrected chi connectivity index (χ4v) is 2.55. The van der Waals surface area contributed by atoms with Crippen LogP contribution >= 0.6 is 0 Å². The van der Waals surface area contributed by atoms with Gasteiger partial charge in [-0.1, -0.05) is 24.3 Å². The van der Waals surface area contributed by atoms with Crippen LogP contribution in [0.25, 0.3) is 10.9 Å². The number of benzene rings is 2. The monoisotopic (exact) mass is 293 g/mol. The summed E-state index contributed by atoms with van der Waals surface area (Å²) in [7, 11) is 1.97. The maximum atomic E-state index is 12.2. The van der Waals surface area contributed by atoms with Crippen molar-refractivity contribution in [2.75, 3.05) is 10.6 Å². The van der Waals surface area contributed by atoms with E-state index in [-0.39, 0.29) is 6.03 Å². The van der Waals surface area contributed by atoms with Gasteiger partial charge in [0.25, 0.3) is 0 Å². The van der Waals surface area contributed by atoms with Gasteiger partial charge in [-0.3, -0.25) is 0 Å². The topological polar surface area (TPSA) is 46.1 Å². The molecule has 0 saturated heterocycles. The maximum absolute atomic E-state index is 12.2. The van der Waals surface area contributed by atoms with Crippen LogP contribution in [0.4, 0.5) is 16.2 Å². The lowest BCUT2D eigenvalue weighted by molar-refractivity contribution is 0.262. The predicted molar refractivity (Wildman–Crippen MR) is 91.5 cm³/mol. The Balaban J connectivity index is 1.80. The largest absolute Gasteiger partial charge is 0.348 e. The SMILES string of the molecule is Cc1ccc(NC(=O)Nc2cn(C)c3ccccc23)cc1C. The van der Waals surface area contributed by atoms with E-state index in [9.17, 15) is 4.79 Å². The van der Waals surface area contributed by atoms with E-state index in [1.165, 1.54) is 5.56 Å². The molecule has 4 nitrogen and oxygen atoms in total. The molecule has 112 valence electrons. The van der Waals surface area contributed by atoms with Crippen LogP contribution in [0.1, 0.15) is 11.1 Å². The number of hydrogen-bond donors (Lipinski definition) is 2. The molecular formula is C18H19N3O. The second kappa shape index (κ2) is 5.56. The first kappa shape index (κ1) is 14.2. The average Bonchev–Trinajstić information content (AvgIpc) is 2.80. The minimum absolute atomic E-state index is 0.236. The molecule has 0 saturated carbocycles. The number of amides is 2. The highest BCUT2D eigenvalue weighted by atomic mass is 16.2. The van der Waals surface area contributed by atoms with E-state index in [0.29, 0.717) is 0 Å². The molecule has 3 rings (SSSR count). The Kier molecular flexibility index (Phi) is 3.59. The van der Waals surface area contributed by atoms with Crippen molar-refractivity contribution in [2.45, 2.75) is 13.8 Å². The standard InChI is InChI=1S/C18H19N3O/c1-12-8-9-14(10-13(12)2)19-18(22)20-16-11-21(3)17-7-5-4-6-15(16)17/h4-11H,1-3H3,(H2,19,20,22). The summed E-state index contributed by atoms with van der Waals surface area (Å²) in [5.74, 6) is 0. The summed E-state index contributed by atoms with van der Waals surface area (Å²) in [5.41, 5.74) is 5.05. The zero-order chi connectivity index (χ0) is 15.7. The number of aromatic nitrogens is 1. The number of aryl methyl sites for hydroxylation is 3. The van der Waals surface area contributed by atoms with E-state index in [0.717, 1.165) is 27.8 Å². The molecule has 1 aromatic heterocycles. The number of nitrogens with one attached hydrogen (secondary N) is 2. The van der Waals surface area contributed by atoms with Gasteiger partial charge in [-0.05, 0) is 43.2 Å². The number of urea groups is 1. The molecule has 0 fully saturated rings. The fraction of sp³-hybridized carbons (Fsp3) is 0.167. The minimum atomic E-state index is -0.236. The summed E-state index contributed by atoms with van der Waals surface area (Å²) in [6, 6.07) is 13.6. The van der Waals surface area contributed by atoms with Crippen LogP contribution in [-0.2, 0) is 7.05 Å². The summed E-state index contributed by atoms with van der Waals surface area (Å²) in [4.78, 5) is 12.2. The molecule has 2 aromatic carbocycles. The molecule has 3 aromatic rings. The van der Waals surface area contributed by atoms with Gasteiger partial charge in [0.1, 0.15) is 0 Å². The number of carbonyl (C=O) groups is 1. The number of hydrogen-bond acceptors (Lipinski definition) is 1. The third-order valence-corrected chi connectivity index (χ3v) is 3.91. The highest BCUT2D eigenvalue weighted by molar-refractivity contribution is 6.06. The molecule has 0 aliphatic carbocycles. The zero-order valence-corrected chi connectivity index (χ0v) is 13.0. The van der Waals surface area contributed by atoms with E-state index in [2.05, 4.69) is 17.6 Å². The molecule has 2 amide bonds. The molecule has 22 heavy (non-hydrogen) atoms. The van der Waals surface area contributed by atoms with Crippen molar-refractivity contribution in [2.24, 2.45) is 7.05 Å². The van der Waals surface area contributed by atoms with Gasteiger partial charge in [-0.2, -0.15) is 0 Å². The lowest BCUT2D eigenvalue weighted by atomic mass is 10.1. The third kappa shape index (κ3) is 2.68. The minimum Gasteiger partial charge on any atom is -0.348 e. The van der Waals surface area contributed by atoms with Crippen LogP contribution in [0, 0.1) is 13.8 Å². The molecule has 2 N–H and O–H groups in total. The number of para-hydroxylation sites is 1. The van der Waals surface area contributed by atoms with Crippen molar-refractivity contribution in [3.05, 3.63) is 59.8 Å². The van der Waals surface area contributed by atoms with Crippen LogP contribution in [-0.4, -0.2) is 10.6 Å². The molecule has 0 unspecified atom stereocenters. The van der Waals surface area contributed by atoms with Gasteiger partial charge in [-0.25, -0.2) is 4.79 Å². The van der Waals surface area contributed by atoms with Crippen LogP contribution in [0.3, 0.4) is 0 Å². The Morgan fingerprint density at radius 3 is 2.55 bits per heavy atom. The Morgan fingerprint density at radius 2 is 1.77 bits per heavy atom. The number of anilines is 2. The normalized spacial score (nSPS) is 10.7. The molecular weight excluding hydrogens is 274 g/mol. The van der Waals surface area contributed by atoms with E-state index in [1.807, 2.05) is 67.2 Å². The maximum Gasteiger partial charge on any atom is 0.323 e. The Bertz CT molecular complexity index is 849. The lowest BCUT2D eigenvalue weighted by Gasteiger charge is -2.08. The van der Waals surface area contributed by atoms with Crippen molar-refractivity contribution in [1.29, 1.82) is 0 Å². The van der Waals surface area contributed by atoms with Crippen molar-refractivity contribution in [1.82, 2.24) is 4.57 Å². The van der Waals surface area contributed by atoms with Crippen LogP contribution in [0.5, 0.6) is 0 Å². The highest BCUT2D eigenvalue weighted by Gasteiger charge is 2.09. The van der Waals surface area contributed by atoms with Gasteiger partial charge in [0.2, 0.25) is 0 Å². The van der Waals surface area contributed by atoms with Crippen molar-refractivity contribution in [3.63, 3.8) is 0 Å². The predicted octanol–water partition coefficient (Wildman–Crippen LogP) is 4.44. The first-order valence-electron chi connectivity index (χ1n) is 7.24. The fourth-order valence-electron chi connectivity index (χ4n) is 2.55. The van der Waals surface area contributed by atoms with Crippen molar-refractivity contribution < 1.29 is 4.79 Å². The zero-order valence-electron chi connectivity index (χ0n) is 13.0. The van der Waals surface area contributed by atoms with Crippen molar-refractivity contribution >= 4 is 28.3 Å². The third-order valence-electron chi connectivity index (χ3n) is 3.91. The van der Waals surface area contributed by atoms with Gasteiger partial charge < -0.3 is 15.2 Å². The molecule has 1 heterocycles. The molecule has 4 heteroatoms. The van der Waals surface area contributed by atoms with Gasteiger partial charge in [0.15, 0.2) is 0 Å². The molecule has 0 radical (unpaired) electrons. The highest BCUT2D eigenvalue weighted by Crippen LogP contribution is 2.25. The number of carbonyl (C=O) groups excluding carboxylic acids is 1. The Labute approximate surface area is 129 Å². The van der Waals surface area contributed by atoms with E-state index in [4.69, 9.17) is 0 Å². The van der Waals surface area contributed by atoms with Gasteiger partial charge >= 0.3 is 6.03 Å². The van der Waals surface area contributed by atoms with Crippen LogP contribution in [0.15, 0.2) is 48.7 Å². The van der Waals surface area contributed by atoms with Crippen LogP contribution < -0.4 is 10.6 Å². The molecule has 0 atom stereocenters. The first-order chi connectivity index (χ1) is 10.5. The number of rotatable bonds is 2. The van der Waals surface area contributed by atoms with Gasteiger partial charge in [0.05, 0.1) is 5.69 Å². The second-order valence-corrected chi connectivity index (χ2v) is 5.55. The molecule has 0 bridgehead atoms. The summed E-state index contributed by atoms with van der Waals surface area (Å²) in [6.07, 6.45) is 1.92. The molecule has 0 aliphatic heterocycles. The number of fused-ring (bicyclic) bond motifs is 1. The summed E-state index contributed by atoms with van der Waals surface area (Å²) < 4.78 is 2.00. The van der Waals surface area contributed by atoms with Gasteiger partial charge in [-0.15, -0.1) is 0 Å².